The molecule has 1 rings (SSSR count). The van der Waals surface area contributed by atoms with Gasteiger partial charge in [-0.25, -0.2) is 0 Å². The van der Waals surface area contributed by atoms with Gasteiger partial charge in [0.15, 0.2) is 0 Å². The average molecular weight is 235 g/mol. The lowest BCUT2D eigenvalue weighted by Crippen LogP contribution is -2.37. The summed E-state index contributed by atoms with van der Waals surface area (Å²) in [6.45, 7) is 6.39. The van der Waals surface area contributed by atoms with Gasteiger partial charge in [-0.05, 0) is 25.7 Å². The Balaban J connectivity index is 2.61. The molecule has 1 atom stereocenters. The molecule has 1 fully saturated rings. The number of carbonyl (C=O) groups excluding carboxylic acids is 2. The van der Waals surface area contributed by atoms with Crippen molar-refractivity contribution < 1.29 is 9.59 Å². The summed E-state index contributed by atoms with van der Waals surface area (Å²) in [7, 11) is 0. The highest BCUT2D eigenvalue weighted by molar-refractivity contribution is 6.05. The third-order valence-corrected chi connectivity index (χ3v) is 3.78. The molecule has 0 radical (unpaired) electrons. The summed E-state index contributed by atoms with van der Waals surface area (Å²) < 4.78 is 0. The first-order valence-electron chi connectivity index (χ1n) is 6.21. The SMILES string of the molecule is C#CCCCCN1C(=O)CC(C)(C(C)C)C1=O. The lowest BCUT2D eigenvalue weighted by molar-refractivity contribution is -0.142. The average Bonchev–Trinajstić information content (AvgIpc) is 2.48. The van der Waals surface area contributed by atoms with E-state index in [4.69, 9.17) is 6.42 Å². The number of carbonyl (C=O) groups is 2. The van der Waals surface area contributed by atoms with Crippen molar-refractivity contribution in [3.05, 3.63) is 0 Å². The summed E-state index contributed by atoms with van der Waals surface area (Å²) in [5, 5.41) is 0. The van der Waals surface area contributed by atoms with Gasteiger partial charge in [0.2, 0.25) is 11.8 Å². The zero-order chi connectivity index (χ0) is 13.1. The highest BCUT2D eigenvalue weighted by atomic mass is 16.2. The van der Waals surface area contributed by atoms with Crippen LogP contribution in [0.3, 0.4) is 0 Å². The van der Waals surface area contributed by atoms with Crippen LogP contribution in [-0.4, -0.2) is 23.3 Å². The number of imide groups is 1. The van der Waals surface area contributed by atoms with Crippen LogP contribution in [0, 0.1) is 23.7 Å². The van der Waals surface area contributed by atoms with Crippen LogP contribution >= 0.6 is 0 Å². The van der Waals surface area contributed by atoms with Crippen molar-refractivity contribution in [2.24, 2.45) is 11.3 Å². The lowest BCUT2D eigenvalue weighted by Gasteiger charge is -2.26. The van der Waals surface area contributed by atoms with Crippen molar-refractivity contribution >= 4 is 11.8 Å². The van der Waals surface area contributed by atoms with Crippen LogP contribution in [0.1, 0.15) is 46.5 Å². The Morgan fingerprint density at radius 2 is 2.06 bits per heavy atom. The first-order chi connectivity index (χ1) is 7.93. The predicted octanol–water partition coefficient (Wildman–Crippen LogP) is 2.21. The number of amides is 2. The zero-order valence-electron chi connectivity index (χ0n) is 11.0. The summed E-state index contributed by atoms with van der Waals surface area (Å²) in [4.78, 5) is 25.5. The molecule has 0 N–H and O–H groups in total. The standard InChI is InChI=1S/C14H21NO2/c1-5-6-7-8-9-15-12(16)10-14(4,11(2)3)13(15)17/h1,11H,6-10H2,2-4H3. The van der Waals surface area contributed by atoms with E-state index in [1.807, 2.05) is 20.8 Å². The maximum absolute atomic E-state index is 12.2. The van der Waals surface area contributed by atoms with Crippen molar-refractivity contribution in [1.29, 1.82) is 0 Å². The summed E-state index contributed by atoms with van der Waals surface area (Å²) in [6.07, 6.45) is 7.88. The molecule has 1 saturated heterocycles. The van der Waals surface area contributed by atoms with Gasteiger partial charge < -0.3 is 0 Å². The molecule has 0 aliphatic carbocycles. The van der Waals surface area contributed by atoms with E-state index >= 15 is 0 Å². The first-order valence-corrected chi connectivity index (χ1v) is 6.21. The Labute approximate surface area is 104 Å². The molecule has 0 bridgehead atoms. The molecule has 2 amide bonds. The highest BCUT2D eigenvalue weighted by Crippen LogP contribution is 2.39. The van der Waals surface area contributed by atoms with E-state index in [0.717, 1.165) is 12.8 Å². The van der Waals surface area contributed by atoms with Gasteiger partial charge in [0.25, 0.3) is 0 Å². The molecule has 3 nitrogen and oxygen atoms in total. The molecule has 1 aliphatic rings. The van der Waals surface area contributed by atoms with Crippen LogP contribution < -0.4 is 0 Å². The van der Waals surface area contributed by atoms with Gasteiger partial charge in [0, 0.05) is 19.4 Å². The normalized spacial score (nSPS) is 24.5. The van der Waals surface area contributed by atoms with E-state index in [1.54, 1.807) is 0 Å². The summed E-state index contributed by atoms with van der Waals surface area (Å²) in [5.41, 5.74) is -0.511. The Kier molecular flexibility index (Phi) is 4.34. The van der Waals surface area contributed by atoms with Crippen LogP contribution in [0.2, 0.25) is 0 Å². The maximum Gasteiger partial charge on any atom is 0.235 e. The number of hydrogen-bond acceptors (Lipinski definition) is 2. The van der Waals surface area contributed by atoms with Gasteiger partial charge in [0.05, 0.1) is 5.41 Å². The van der Waals surface area contributed by atoms with Crippen molar-refractivity contribution in [1.82, 2.24) is 4.90 Å². The highest BCUT2D eigenvalue weighted by Gasteiger charge is 2.49. The molecule has 3 heteroatoms. The summed E-state index contributed by atoms with van der Waals surface area (Å²) in [6, 6.07) is 0. The Morgan fingerprint density at radius 3 is 2.53 bits per heavy atom. The maximum atomic E-state index is 12.2. The van der Waals surface area contributed by atoms with Crippen molar-refractivity contribution in [3.8, 4) is 12.3 Å². The van der Waals surface area contributed by atoms with Gasteiger partial charge in [0.1, 0.15) is 0 Å². The predicted molar refractivity (Wildman–Crippen MR) is 67.0 cm³/mol. The second kappa shape index (κ2) is 5.35. The van der Waals surface area contributed by atoms with E-state index in [9.17, 15) is 9.59 Å². The zero-order valence-corrected chi connectivity index (χ0v) is 11.0. The second-order valence-corrected chi connectivity index (χ2v) is 5.26. The molecular formula is C14H21NO2. The number of unbranched alkanes of at least 4 members (excludes halogenated alkanes) is 2. The number of terminal acetylenes is 1. The molecule has 94 valence electrons. The minimum atomic E-state index is -0.511. The van der Waals surface area contributed by atoms with E-state index < -0.39 is 5.41 Å². The molecular weight excluding hydrogens is 214 g/mol. The number of likely N-dealkylation sites (tertiary alicyclic amines) is 1. The quantitative estimate of drug-likeness (QED) is 0.416. The van der Waals surface area contributed by atoms with Crippen LogP contribution in [0.4, 0.5) is 0 Å². The minimum absolute atomic E-state index is 0.0155. The van der Waals surface area contributed by atoms with Crippen molar-refractivity contribution in [2.75, 3.05) is 6.54 Å². The molecule has 0 spiro atoms. The topological polar surface area (TPSA) is 37.4 Å². The van der Waals surface area contributed by atoms with E-state index in [2.05, 4.69) is 5.92 Å². The molecule has 1 unspecified atom stereocenters. The second-order valence-electron chi connectivity index (χ2n) is 5.26. The van der Waals surface area contributed by atoms with Crippen LogP contribution in [0.15, 0.2) is 0 Å². The van der Waals surface area contributed by atoms with E-state index in [-0.39, 0.29) is 17.7 Å². The van der Waals surface area contributed by atoms with E-state index in [1.165, 1.54) is 4.90 Å². The van der Waals surface area contributed by atoms with Crippen molar-refractivity contribution in [3.63, 3.8) is 0 Å². The number of rotatable bonds is 5. The number of hydrogen-bond donors (Lipinski definition) is 0. The molecule has 1 heterocycles. The largest absolute Gasteiger partial charge is 0.282 e. The lowest BCUT2D eigenvalue weighted by atomic mass is 9.78. The third-order valence-electron chi connectivity index (χ3n) is 3.78. The van der Waals surface area contributed by atoms with Crippen LogP contribution in [0.5, 0.6) is 0 Å². The van der Waals surface area contributed by atoms with Gasteiger partial charge in [-0.1, -0.05) is 13.8 Å². The Bertz CT molecular complexity index is 354. The Morgan fingerprint density at radius 1 is 1.41 bits per heavy atom. The minimum Gasteiger partial charge on any atom is -0.282 e. The van der Waals surface area contributed by atoms with Gasteiger partial charge in [-0.2, -0.15) is 0 Å². The fourth-order valence-corrected chi connectivity index (χ4v) is 2.08. The van der Waals surface area contributed by atoms with E-state index in [0.29, 0.717) is 19.4 Å². The Hall–Kier alpha value is -1.30. The summed E-state index contributed by atoms with van der Waals surface area (Å²) in [5.74, 6) is 2.70. The summed E-state index contributed by atoms with van der Waals surface area (Å²) >= 11 is 0. The fourth-order valence-electron chi connectivity index (χ4n) is 2.08. The van der Waals surface area contributed by atoms with Gasteiger partial charge >= 0.3 is 0 Å². The smallest absolute Gasteiger partial charge is 0.235 e. The van der Waals surface area contributed by atoms with Crippen LogP contribution in [0.25, 0.3) is 0 Å². The molecule has 1 aliphatic heterocycles. The molecule has 0 aromatic rings. The monoisotopic (exact) mass is 235 g/mol. The van der Waals surface area contributed by atoms with Gasteiger partial charge in [-0.3, -0.25) is 14.5 Å². The first kappa shape index (κ1) is 13.8. The van der Waals surface area contributed by atoms with Gasteiger partial charge in [-0.15, -0.1) is 12.3 Å². The number of nitrogens with zero attached hydrogens (tertiary/aromatic N) is 1. The molecule has 0 aromatic carbocycles. The third kappa shape index (κ3) is 2.69. The molecule has 0 aromatic heterocycles. The molecule has 17 heavy (non-hydrogen) atoms. The fraction of sp³-hybridized carbons (Fsp3) is 0.714. The van der Waals surface area contributed by atoms with Crippen molar-refractivity contribution in [2.45, 2.75) is 46.5 Å². The molecule has 0 saturated carbocycles. The van der Waals surface area contributed by atoms with Crippen LogP contribution in [-0.2, 0) is 9.59 Å².